The lowest BCUT2D eigenvalue weighted by Crippen LogP contribution is -2.63. The van der Waals surface area contributed by atoms with E-state index in [1.54, 1.807) is 11.0 Å². The highest BCUT2D eigenvalue weighted by atomic mass is 16.6. The molecule has 0 aromatic heterocycles. The standard InChI is InChI=1S/C26H31NO4/c1-6-7-18-21-23(28)30-22(19-14-10-8-11-15-19)26(5,20-16-12-9-13-17-20)27(21)24(29)31-25(2,3)4/h6,8-17,21-22H,1,7,18H2,2-5H3/t21-,22+,26?/m1/s1. The number of hydrogen-bond acceptors (Lipinski definition) is 4. The fourth-order valence-electron chi connectivity index (χ4n) is 4.10. The van der Waals surface area contributed by atoms with Gasteiger partial charge >= 0.3 is 12.1 Å². The third kappa shape index (κ3) is 4.66. The quantitative estimate of drug-likeness (QED) is 0.454. The monoisotopic (exact) mass is 421 g/mol. The summed E-state index contributed by atoms with van der Waals surface area (Å²) >= 11 is 0. The van der Waals surface area contributed by atoms with Crippen LogP contribution in [-0.2, 0) is 19.8 Å². The Morgan fingerprint density at radius 2 is 1.71 bits per heavy atom. The second-order valence-corrected chi connectivity index (χ2v) is 8.97. The lowest BCUT2D eigenvalue weighted by atomic mass is 9.78. The summed E-state index contributed by atoms with van der Waals surface area (Å²) < 4.78 is 11.8. The molecule has 1 aliphatic heterocycles. The molecule has 2 aromatic carbocycles. The molecule has 0 saturated carbocycles. The Hall–Kier alpha value is -3.08. The van der Waals surface area contributed by atoms with Crippen molar-refractivity contribution in [1.82, 2.24) is 4.90 Å². The Balaban J connectivity index is 2.21. The zero-order valence-electron chi connectivity index (χ0n) is 18.7. The maximum atomic E-state index is 13.6. The molecular weight excluding hydrogens is 390 g/mol. The van der Waals surface area contributed by atoms with Gasteiger partial charge in [0.05, 0.1) is 0 Å². The molecule has 1 heterocycles. The van der Waals surface area contributed by atoms with Crippen molar-refractivity contribution in [3.05, 3.63) is 84.4 Å². The summed E-state index contributed by atoms with van der Waals surface area (Å²) in [5.41, 5.74) is 0.00938. The molecule has 0 spiro atoms. The van der Waals surface area contributed by atoms with Crippen molar-refractivity contribution in [2.45, 2.75) is 63.8 Å². The van der Waals surface area contributed by atoms with Gasteiger partial charge in [0.1, 0.15) is 17.2 Å². The van der Waals surface area contributed by atoms with E-state index in [0.717, 1.165) is 11.1 Å². The minimum absolute atomic E-state index is 0.408. The molecule has 0 bridgehead atoms. The van der Waals surface area contributed by atoms with E-state index in [9.17, 15) is 9.59 Å². The summed E-state index contributed by atoms with van der Waals surface area (Å²) in [6.45, 7) is 11.2. The van der Waals surface area contributed by atoms with Gasteiger partial charge in [-0.05, 0) is 51.7 Å². The predicted molar refractivity (Wildman–Crippen MR) is 120 cm³/mol. The average Bonchev–Trinajstić information content (AvgIpc) is 2.73. The number of esters is 1. The van der Waals surface area contributed by atoms with Gasteiger partial charge in [-0.2, -0.15) is 0 Å². The highest BCUT2D eigenvalue weighted by Crippen LogP contribution is 2.48. The largest absolute Gasteiger partial charge is 0.453 e. The summed E-state index contributed by atoms with van der Waals surface area (Å²) in [7, 11) is 0. The fourth-order valence-corrected chi connectivity index (χ4v) is 4.10. The Morgan fingerprint density at radius 3 is 2.26 bits per heavy atom. The van der Waals surface area contributed by atoms with E-state index in [1.165, 1.54) is 0 Å². The molecule has 164 valence electrons. The van der Waals surface area contributed by atoms with Crippen molar-refractivity contribution in [3.63, 3.8) is 0 Å². The zero-order chi connectivity index (χ0) is 22.6. The van der Waals surface area contributed by atoms with Crippen LogP contribution in [-0.4, -0.2) is 28.6 Å². The highest BCUT2D eigenvalue weighted by molar-refractivity contribution is 5.84. The van der Waals surface area contributed by atoms with Crippen molar-refractivity contribution < 1.29 is 19.1 Å². The summed E-state index contributed by atoms with van der Waals surface area (Å²) in [6, 6.07) is 18.4. The first-order chi connectivity index (χ1) is 14.7. The lowest BCUT2D eigenvalue weighted by molar-refractivity contribution is -0.188. The number of carbonyl (C=O) groups excluding carboxylic acids is 2. The van der Waals surface area contributed by atoms with Crippen LogP contribution in [0.4, 0.5) is 4.79 Å². The van der Waals surface area contributed by atoms with Gasteiger partial charge in [-0.3, -0.25) is 4.90 Å². The maximum Gasteiger partial charge on any atom is 0.411 e. The molecule has 1 unspecified atom stereocenters. The average molecular weight is 422 g/mol. The first-order valence-electron chi connectivity index (χ1n) is 10.6. The number of carbonyl (C=O) groups is 2. The van der Waals surface area contributed by atoms with Crippen LogP contribution in [0.2, 0.25) is 0 Å². The van der Waals surface area contributed by atoms with Crippen molar-refractivity contribution in [3.8, 4) is 0 Å². The number of morpholine rings is 1. The van der Waals surface area contributed by atoms with Crippen LogP contribution < -0.4 is 0 Å². The zero-order valence-corrected chi connectivity index (χ0v) is 18.7. The van der Waals surface area contributed by atoms with Crippen molar-refractivity contribution in [1.29, 1.82) is 0 Å². The number of amides is 1. The molecule has 0 N–H and O–H groups in total. The molecule has 0 radical (unpaired) electrons. The van der Waals surface area contributed by atoms with Crippen LogP contribution in [0.3, 0.4) is 0 Å². The number of benzene rings is 2. The minimum Gasteiger partial charge on any atom is -0.453 e. The van der Waals surface area contributed by atoms with Gasteiger partial charge in [-0.25, -0.2) is 9.59 Å². The van der Waals surface area contributed by atoms with E-state index < -0.39 is 35.3 Å². The molecule has 3 atom stereocenters. The van der Waals surface area contributed by atoms with E-state index in [0.29, 0.717) is 12.8 Å². The second-order valence-electron chi connectivity index (χ2n) is 8.97. The van der Waals surface area contributed by atoms with E-state index in [4.69, 9.17) is 9.47 Å². The first kappa shape index (κ1) is 22.6. The molecule has 1 aliphatic rings. The van der Waals surface area contributed by atoms with Crippen LogP contribution >= 0.6 is 0 Å². The molecule has 1 fully saturated rings. The first-order valence-corrected chi connectivity index (χ1v) is 10.6. The number of ether oxygens (including phenoxy) is 2. The van der Waals surface area contributed by atoms with Crippen LogP contribution in [0, 0.1) is 0 Å². The van der Waals surface area contributed by atoms with E-state index in [-0.39, 0.29) is 0 Å². The van der Waals surface area contributed by atoms with Gasteiger partial charge < -0.3 is 9.47 Å². The van der Waals surface area contributed by atoms with Crippen molar-refractivity contribution >= 4 is 12.1 Å². The topological polar surface area (TPSA) is 55.8 Å². The van der Waals surface area contributed by atoms with E-state index >= 15 is 0 Å². The smallest absolute Gasteiger partial charge is 0.411 e. The van der Waals surface area contributed by atoms with Crippen LogP contribution in [0.25, 0.3) is 0 Å². The predicted octanol–water partition coefficient (Wildman–Crippen LogP) is 5.77. The molecule has 31 heavy (non-hydrogen) atoms. The van der Waals surface area contributed by atoms with E-state index in [1.807, 2.05) is 88.4 Å². The molecule has 5 nitrogen and oxygen atoms in total. The normalized spacial score (nSPS) is 23.7. The second kappa shape index (κ2) is 8.96. The fraction of sp³-hybridized carbons (Fsp3) is 0.385. The molecule has 5 heteroatoms. The third-order valence-electron chi connectivity index (χ3n) is 5.52. The van der Waals surface area contributed by atoms with Crippen molar-refractivity contribution in [2.24, 2.45) is 0 Å². The summed E-state index contributed by atoms with van der Waals surface area (Å²) in [5, 5.41) is 0. The van der Waals surface area contributed by atoms with Gasteiger partial charge in [0.2, 0.25) is 0 Å². The van der Waals surface area contributed by atoms with Crippen LogP contribution in [0.5, 0.6) is 0 Å². The molecule has 1 amide bonds. The number of cyclic esters (lactones) is 1. The molecule has 1 saturated heterocycles. The van der Waals surface area contributed by atoms with E-state index in [2.05, 4.69) is 6.58 Å². The number of allylic oxidation sites excluding steroid dienone is 1. The van der Waals surface area contributed by atoms with Gasteiger partial charge in [-0.1, -0.05) is 66.7 Å². The summed E-state index contributed by atoms with van der Waals surface area (Å²) in [5.74, 6) is -0.435. The van der Waals surface area contributed by atoms with Crippen molar-refractivity contribution in [2.75, 3.05) is 0 Å². The van der Waals surface area contributed by atoms with Gasteiger partial charge in [0.25, 0.3) is 0 Å². The molecule has 3 rings (SSSR count). The Labute approximate surface area is 184 Å². The third-order valence-corrected chi connectivity index (χ3v) is 5.52. The molecule has 2 aromatic rings. The Bertz CT molecular complexity index is 919. The number of nitrogens with zero attached hydrogens (tertiary/aromatic N) is 1. The molecular formula is C26H31NO4. The number of hydrogen-bond donors (Lipinski definition) is 0. The van der Waals surface area contributed by atoms with Gasteiger partial charge in [0, 0.05) is 0 Å². The highest BCUT2D eigenvalue weighted by Gasteiger charge is 2.56. The van der Waals surface area contributed by atoms with Crippen LogP contribution in [0.15, 0.2) is 73.3 Å². The Morgan fingerprint density at radius 1 is 1.13 bits per heavy atom. The SMILES string of the molecule is C=CCC[C@@H]1C(=O)O[C@@H](c2ccccc2)C(C)(c2ccccc2)N1C(=O)OC(C)(C)C. The summed E-state index contributed by atoms with van der Waals surface area (Å²) in [6.07, 6.45) is 1.50. The molecule has 0 aliphatic carbocycles. The summed E-state index contributed by atoms with van der Waals surface area (Å²) in [4.78, 5) is 28.3. The van der Waals surface area contributed by atoms with Gasteiger partial charge in [0.15, 0.2) is 6.10 Å². The number of rotatable bonds is 5. The lowest BCUT2D eigenvalue weighted by Gasteiger charge is -2.52. The maximum absolute atomic E-state index is 13.6. The Kier molecular flexibility index (Phi) is 6.54. The van der Waals surface area contributed by atoms with Crippen LogP contribution in [0.1, 0.15) is 57.8 Å². The minimum atomic E-state index is -0.968. The van der Waals surface area contributed by atoms with Gasteiger partial charge in [-0.15, -0.1) is 6.58 Å².